The Bertz CT molecular complexity index is 1020. The van der Waals surface area contributed by atoms with Crippen molar-refractivity contribution in [2.75, 3.05) is 0 Å². The molecule has 142 valence electrons. The van der Waals surface area contributed by atoms with Crippen LogP contribution in [0.3, 0.4) is 0 Å². The number of amides is 1. The van der Waals surface area contributed by atoms with Crippen LogP contribution in [-0.4, -0.2) is 22.3 Å². The lowest BCUT2D eigenvalue weighted by atomic mass is 9.97. The van der Waals surface area contributed by atoms with Crippen LogP contribution in [0.4, 0.5) is 4.79 Å². The van der Waals surface area contributed by atoms with Crippen LogP contribution in [0.15, 0.2) is 66.7 Å². The third-order valence-electron chi connectivity index (χ3n) is 5.01. The Labute approximate surface area is 168 Å². The second-order valence-corrected chi connectivity index (χ2v) is 7.36. The van der Waals surface area contributed by atoms with E-state index in [2.05, 4.69) is 0 Å². The van der Waals surface area contributed by atoms with Crippen LogP contribution >= 0.6 is 11.6 Å². The molecule has 0 aromatic heterocycles. The van der Waals surface area contributed by atoms with Crippen LogP contribution in [-0.2, 0) is 13.0 Å². The van der Waals surface area contributed by atoms with Crippen molar-refractivity contribution in [2.45, 2.75) is 26.1 Å². The molecule has 4 rings (SSSR count). The fourth-order valence-corrected chi connectivity index (χ4v) is 3.87. The van der Waals surface area contributed by atoms with Gasteiger partial charge in [0.05, 0.1) is 6.54 Å². The predicted molar refractivity (Wildman–Crippen MR) is 110 cm³/mol. The zero-order valence-electron chi connectivity index (χ0n) is 15.4. The summed E-state index contributed by atoms with van der Waals surface area (Å²) < 4.78 is 6.19. The van der Waals surface area contributed by atoms with Crippen LogP contribution < -0.4 is 4.74 Å². The number of aryl methyl sites for hydroxylation is 1. The van der Waals surface area contributed by atoms with Crippen LogP contribution in [0.2, 0.25) is 5.02 Å². The Kier molecular flexibility index (Phi) is 4.97. The first-order valence-corrected chi connectivity index (χ1v) is 9.49. The SMILES string of the molecule is Cc1cc(Cl)ccc1-c1cccc2c1OC(N(Cc1ccccc1)C(=O)O)C2. The molecule has 3 aromatic carbocycles. The van der Waals surface area contributed by atoms with E-state index in [1.807, 2.05) is 73.7 Å². The number of nitrogens with zero attached hydrogens (tertiary/aromatic N) is 1. The lowest BCUT2D eigenvalue weighted by Gasteiger charge is -2.26. The van der Waals surface area contributed by atoms with Gasteiger partial charge in [-0.15, -0.1) is 0 Å². The molecule has 4 nitrogen and oxygen atoms in total. The standard InChI is InChI=1S/C23H20ClNO3/c1-15-12-18(24)10-11-19(15)20-9-5-8-17-13-21(28-22(17)20)25(23(26)27)14-16-6-3-2-4-7-16/h2-12,21H,13-14H2,1H3,(H,26,27). The van der Waals surface area contributed by atoms with E-state index in [4.69, 9.17) is 16.3 Å². The van der Waals surface area contributed by atoms with Gasteiger partial charge in [-0.05, 0) is 35.7 Å². The summed E-state index contributed by atoms with van der Waals surface area (Å²) in [5, 5.41) is 10.5. The average molecular weight is 394 g/mol. The van der Waals surface area contributed by atoms with Gasteiger partial charge in [0.15, 0.2) is 6.23 Å². The zero-order chi connectivity index (χ0) is 19.7. The second-order valence-electron chi connectivity index (χ2n) is 6.93. The summed E-state index contributed by atoms with van der Waals surface area (Å²) in [4.78, 5) is 13.3. The van der Waals surface area contributed by atoms with Crippen molar-refractivity contribution in [2.24, 2.45) is 0 Å². The predicted octanol–water partition coefficient (Wildman–Crippen LogP) is 5.76. The van der Waals surface area contributed by atoms with Crippen LogP contribution in [0.1, 0.15) is 16.7 Å². The van der Waals surface area contributed by atoms with Gasteiger partial charge in [0.1, 0.15) is 5.75 Å². The normalized spacial score (nSPS) is 15.0. The first-order valence-electron chi connectivity index (χ1n) is 9.11. The molecule has 0 saturated heterocycles. The van der Waals surface area contributed by atoms with E-state index in [-0.39, 0.29) is 6.54 Å². The van der Waals surface area contributed by atoms with E-state index in [0.717, 1.165) is 33.6 Å². The minimum atomic E-state index is -0.995. The lowest BCUT2D eigenvalue weighted by molar-refractivity contribution is 0.0394. The van der Waals surface area contributed by atoms with Gasteiger partial charge in [0.2, 0.25) is 0 Å². The first kappa shape index (κ1) is 18.4. The fraction of sp³-hybridized carbons (Fsp3) is 0.174. The molecular formula is C23H20ClNO3. The summed E-state index contributed by atoms with van der Waals surface area (Å²) in [5.41, 5.74) is 4.98. The number of fused-ring (bicyclic) bond motifs is 1. The van der Waals surface area contributed by atoms with Crippen LogP contribution in [0.25, 0.3) is 11.1 Å². The van der Waals surface area contributed by atoms with E-state index >= 15 is 0 Å². The summed E-state index contributed by atoms with van der Waals surface area (Å²) in [6, 6.07) is 21.3. The minimum Gasteiger partial charge on any atom is -0.469 e. The smallest absolute Gasteiger partial charge is 0.410 e. The van der Waals surface area contributed by atoms with Crippen molar-refractivity contribution in [3.63, 3.8) is 0 Å². The highest BCUT2D eigenvalue weighted by Crippen LogP contribution is 2.41. The summed E-state index contributed by atoms with van der Waals surface area (Å²) >= 11 is 6.10. The molecule has 28 heavy (non-hydrogen) atoms. The maximum atomic E-state index is 11.9. The molecule has 0 saturated carbocycles. The second kappa shape index (κ2) is 7.56. The van der Waals surface area contributed by atoms with Gasteiger partial charge < -0.3 is 9.84 Å². The van der Waals surface area contributed by atoms with Gasteiger partial charge in [0.25, 0.3) is 0 Å². The number of carbonyl (C=O) groups is 1. The molecule has 1 unspecified atom stereocenters. The number of para-hydroxylation sites is 1. The van der Waals surface area contributed by atoms with Crippen molar-refractivity contribution < 1.29 is 14.6 Å². The van der Waals surface area contributed by atoms with Gasteiger partial charge >= 0.3 is 6.09 Å². The Balaban J connectivity index is 1.65. The number of hydrogen-bond acceptors (Lipinski definition) is 2. The monoisotopic (exact) mass is 393 g/mol. The van der Waals surface area contributed by atoms with E-state index in [1.54, 1.807) is 0 Å². The van der Waals surface area contributed by atoms with E-state index in [0.29, 0.717) is 11.4 Å². The maximum absolute atomic E-state index is 11.9. The zero-order valence-corrected chi connectivity index (χ0v) is 16.2. The van der Waals surface area contributed by atoms with Gasteiger partial charge in [-0.3, -0.25) is 4.90 Å². The van der Waals surface area contributed by atoms with Crippen LogP contribution in [0.5, 0.6) is 5.75 Å². The maximum Gasteiger partial charge on any atom is 0.410 e. The molecule has 1 N–H and O–H groups in total. The highest BCUT2D eigenvalue weighted by Gasteiger charge is 2.33. The summed E-state index contributed by atoms with van der Waals surface area (Å²) in [7, 11) is 0. The molecule has 1 heterocycles. The van der Waals surface area contributed by atoms with E-state index in [1.165, 1.54) is 4.90 Å². The van der Waals surface area contributed by atoms with Crippen molar-refractivity contribution in [3.05, 3.63) is 88.4 Å². The quantitative estimate of drug-likeness (QED) is 0.613. The number of halogens is 1. The highest BCUT2D eigenvalue weighted by molar-refractivity contribution is 6.30. The molecular weight excluding hydrogens is 374 g/mol. The molecule has 0 bridgehead atoms. The lowest BCUT2D eigenvalue weighted by Crippen LogP contribution is -2.41. The molecule has 0 spiro atoms. The number of hydrogen-bond donors (Lipinski definition) is 1. The summed E-state index contributed by atoms with van der Waals surface area (Å²) in [6.45, 7) is 2.29. The molecule has 0 fully saturated rings. The largest absolute Gasteiger partial charge is 0.469 e. The van der Waals surface area contributed by atoms with Crippen molar-refractivity contribution in [1.29, 1.82) is 0 Å². The van der Waals surface area contributed by atoms with Gasteiger partial charge in [-0.25, -0.2) is 4.79 Å². The Hall–Kier alpha value is -2.98. The topological polar surface area (TPSA) is 49.8 Å². The molecule has 1 aliphatic rings. The van der Waals surface area contributed by atoms with Crippen molar-refractivity contribution >= 4 is 17.7 Å². The Morgan fingerprint density at radius 3 is 2.61 bits per heavy atom. The van der Waals surface area contributed by atoms with Gasteiger partial charge in [-0.1, -0.05) is 66.2 Å². The summed E-state index contributed by atoms with van der Waals surface area (Å²) in [5.74, 6) is 0.747. The number of benzene rings is 3. The Morgan fingerprint density at radius 1 is 1.11 bits per heavy atom. The molecule has 5 heteroatoms. The van der Waals surface area contributed by atoms with Crippen molar-refractivity contribution in [1.82, 2.24) is 4.90 Å². The van der Waals surface area contributed by atoms with E-state index < -0.39 is 12.3 Å². The van der Waals surface area contributed by atoms with Crippen LogP contribution in [0, 0.1) is 6.92 Å². The molecule has 1 amide bonds. The molecule has 1 atom stereocenters. The fourth-order valence-electron chi connectivity index (χ4n) is 3.64. The van der Waals surface area contributed by atoms with Gasteiger partial charge in [-0.2, -0.15) is 0 Å². The third kappa shape index (κ3) is 3.56. The molecule has 3 aromatic rings. The minimum absolute atomic E-state index is 0.282. The third-order valence-corrected chi connectivity index (χ3v) is 5.25. The number of ether oxygens (including phenoxy) is 1. The molecule has 0 aliphatic carbocycles. The average Bonchev–Trinajstić information content (AvgIpc) is 3.11. The Morgan fingerprint density at radius 2 is 1.89 bits per heavy atom. The first-order chi connectivity index (χ1) is 13.5. The van der Waals surface area contributed by atoms with Gasteiger partial charge in [0, 0.05) is 22.6 Å². The van der Waals surface area contributed by atoms with E-state index in [9.17, 15) is 9.90 Å². The molecule has 0 radical (unpaired) electrons. The molecule has 1 aliphatic heterocycles. The summed E-state index contributed by atoms with van der Waals surface area (Å²) in [6.07, 6.45) is -1.03. The number of rotatable bonds is 4. The number of carboxylic acid groups (broad SMARTS) is 1. The highest BCUT2D eigenvalue weighted by atomic mass is 35.5. The van der Waals surface area contributed by atoms with Crippen molar-refractivity contribution in [3.8, 4) is 16.9 Å².